The van der Waals surface area contributed by atoms with Crippen LogP contribution < -0.4 is 10.6 Å². The highest BCUT2D eigenvalue weighted by Crippen LogP contribution is 2.11. The van der Waals surface area contributed by atoms with Gasteiger partial charge >= 0.3 is 0 Å². The average molecular weight is 211 g/mol. The van der Waals surface area contributed by atoms with Gasteiger partial charge in [0.05, 0.1) is 0 Å². The Labute approximate surface area is 87.0 Å². The minimum Gasteiger partial charge on any atom is -0.324 e. The summed E-state index contributed by atoms with van der Waals surface area (Å²) in [5.41, 5.74) is 0. The summed E-state index contributed by atoms with van der Waals surface area (Å²) in [7, 11) is 0. The molecule has 2 fully saturated rings. The fraction of sp³-hybridized carbons (Fsp3) is 0.667. The van der Waals surface area contributed by atoms with Crippen LogP contribution in [-0.2, 0) is 14.4 Å². The summed E-state index contributed by atoms with van der Waals surface area (Å²) >= 11 is 0. The van der Waals surface area contributed by atoms with Gasteiger partial charge in [-0.25, -0.2) is 0 Å². The fourth-order valence-corrected chi connectivity index (χ4v) is 1.68. The molecule has 2 rings (SSSR count). The van der Waals surface area contributed by atoms with Gasteiger partial charge < -0.3 is 10.2 Å². The van der Waals surface area contributed by atoms with E-state index in [0.29, 0.717) is 12.3 Å². The summed E-state index contributed by atoms with van der Waals surface area (Å²) in [6.07, 6.45) is 0.424. The van der Waals surface area contributed by atoms with Gasteiger partial charge in [0.25, 0.3) is 0 Å². The first-order valence-electron chi connectivity index (χ1n) is 4.96. The van der Waals surface area contributed by atoms with Crippen LogP contribution in [0.5, 0.6) is 0 Å². The van der Waals surface area contributed by atoms with Crippen LogP contribution in [0.2, 0.25) is 0 Å². The summed E-state index contributed by atoms with van der Waals surface area (Å²) in [4.78, 5) is 35.0. The van der Waals surface area contributed by atoms with Crippen molar-refractivity contribution in [2.24, 2.45) is 5.92 Å². The molecule has 15 heavy (non-hydrogen) atoms. The highest BCUT2D eigenvalue weighted by Gasteiger charge is 2.29. The van der Waals surface area contributed by atoms with E-state index in [4.69, 9.17) is 0 Å². The molecule has 0 aromatic heterocycles. The molecular formula is C9H13N3O3. The molecule has 82 valence electrons. The summed E-state index contributed by atoms with van der Waals surface area (Å²) < 4.78 is 0. The van der Waals surface area contributed by atoms with Crippen LogP contribution in [0.15, 0.2) is 0 Å². The predicted octanol–water partition coefficient (Wildman–Crippen LogP) is -1.92. The van der Waals surface area contributed by atoms with Crippen molar-refractivity contribution in [2.45, 2.75) is 6.42 Å². The van der Waals surface area contributed by atoms with Crippen LogP contribution >= 0.6 is 0 Å². The van der Waals surface area contributed by atoms with E-state index in [9.17, 15) is 14.4 Å². The first-order chi connectivity index (χ1) is 7.15. The number of nitrogens with zero attached hydrogens (tertiary/aromatic N) is 1. The fourth-order valence-electron chi connectivity index (χ4n) is 1.68. The van der Waals surface area contributed by atoms with Crippen LogP contribution in [0.25, 0.3) is 0 Å². The molecule has 2 N–H and O–H groups in total. The quantitative estimate of drug-likeness (QED) is 0.522. The molecule has 0 spiro atoms. The summed E-state index contributed by atoms with van der Waals surface area (Å²) in [5, 5.41) is 5.23. The molecule has 0 aromatic rings. The van der Waals surface area contributed by atoms with Crippen LogP contribution in [0, 0.1) is 5.92 Å². The number of carbonyl (C=O) groups excluding carboxylic acids is 3. The number of amides is 3. The second-order valence-corrected chi connectivity index (χ2v) is 3.95. The number of carbonyl (C=O) groups is 3. The summed E-state index contributed by atoms with van der Waals surface area (Å²) in [5.74, 6) is -0.542. The summed E-state index contributed by atoms with van der Waals surface area (Å²) in [6, 6.07) is 0. The van der Waals surface area contributed by atoms with Gasteiger partial charge in [-0.3, -0.25) is 19.7 Å². The Hall–Kier alpha value is -1.43. The van der Waals surface area contributed by atoms with Crippen molar-refractivity contribution in [3.05, 3.63) is 0 Å². The van der Waals surface area contributed by atoms with Crippen molar-refractivity contribution in [3.63, 3.8) is 0 Å². The van der Waals surface area contributed by atoms with Gasteiger partial charge in [0, 0.05) is 6.42 Å². The summed E-state index contributed by atoms with van der Waals surface area (Å²) in [6.45, 7) is 1.70. The monoisotopic (exact) mass is 211 g/mol. The molecule has 0 atom stereocenters. The normalized spacial score (nSPS) is 22.3. The van der Waals surface area contributed by atoms with E-state index in [0.717, 1.165) is 13.1 Å². The number of rotatable bonds is 2. The molecule has 2 aliphatic heterocycles. The molecule has 0 bridgehead atoms. The second kappa shape index (κ2) is 3.98. The minimum atomic E-state index is -0.397. The third kappa shape index (κ3) is 2.33. The van der Waals surface area contributed by atoms with E-state index in [2.05, 4.69) is 10.6 Å². The molecule has 3 amide bonds. The molecule has 2 saturated heterocycles. The highest BCUT2D eigenvalue weighted by molar-refractivity contribution is 6.02. The molecule has 2 aliphatic rings. The molecule has 2 heterocycles. The Balaban J connectivity index is 1.88. The molecule has 0 saturated carbocycles. The SMILES string of the molecule is O=C1CN(C(=O)CC2CNC2)CC(=O)N1. The molecule has 0 unspecified atom stereocenters. The third-order valence-electron chi connectivity index (χ3n) is 2.63. The van der Waals surface area contributed by atoms with Crippen LogP contribution in [0.1, 0.15) is 6.42 Å². The topological polar surface area (TPSA) is 78.5 Å². The van der Waals surface area contributed by atoms with E-state index in [1.807, 2.05) is 0 Å². The van der Waals surface area contributed by atoms with E-state index >= 15 is 0 Å². The Bertz CT molecular complexity index is 296. The molecule has 0 radical (unpaired) electrons. The number of hydrogen-bond acceptors (Lipinski definition) is 4. The first kappa shape index (κ1) is 10.1. The molecule has 6 heteroatoms. The van der Waals surface area contributed by atoms with E-state index in [1.165, 1.54) is 4.90 Å². The zero-order valence-electron chi connectivity index (χ0n) is 8.28. The van der Waals surface area contributed by atoms with Crippen molar-refractivity contribution in [1.29, 1.82) is 0 Å². The number of imide groups is 1. The van der Waals surface area contributed by atoms with Crippen molar-refractivity contribution < 1.29 is 14.4 Å². The van der Waals surface area contributed by atoms with Gasteiger partial charge in [0.2, 0.25) is 17.7 Å². The predicted molar refractivity (Wildman–Crippen MR) is 50.7 cm³/mol. The lowest BCUT2D eigenvalue weighted by Gasteiger charge is -2.30. The number of nitrogens with one attached hydrogen (secondary N) is 2. The van der Waals surface area contributed by atoms with E-state index < -0.39 is 11.8 Å². The lowest BCUT2D eigenvalue weighted by atomic mass is 9.98. The highest BCUT2D eigenvalue weighted by atomic mass is 16.2. The molecule has 0 aliphatic carbocycles. The van der Waals surface area contributed by atoms with E-state index in [-0.39, 0.29) is 19.0 Å². The van der Waals surface area contributed by atoms with Crippen molar-refractivity contribution in [3.8, 4) is 0 Å². The van der Waals surface area contributed by atoms with Crippen LogP contribution in [-0.4, -0.2) is 48.8 Å². The molecular weight excluding hydrogens is 198 g/mol. The maximum atomic E-state index is 11.7. The Morgan fingerprint density at radius 2 is 1.87 bits per heavy atom. The van der Waals surface area contributed by atoms with E-state index in [1.54, 1.807) is 0 Å². The first-order valence-corrected chi connectivity index (χ1v) is 4.96. The van der Waals surface area contributed by atoms with Crippen molar-refractivity contribution >= 4 is 17.7 Å². The average Bonchev–Trinajstić information content (AvgIpc) is 2.09. The third-order valence-corrected chi connectivity index (χ3v) is 2.63. The Morgan fingerprint density at radius 1 is 1.27 bits per heavy atom. The van der Waals surface area contributed by atoms with Crippen LogP contribution in [0.3, 0.4) is 0 Å². The standard InChI is InChI=1S/C9H13N3O3/c13-7-4-12(5-8(14)11-7)9(15)1-6-2-10-3-6/h6,10H,1-5H2,(H,11,13,14). The minimum absolute atomic E-state index is 0.00468. The second-order valence-electron chi connectivity index (χ2n) is 3.95. The van der Waals surface area contributed by atoms with Crippen LogP contribution in [0.4, 0.5) is 0 Å². The molecule has 6 nitrogen and oxygen atoms in total. The smallest absolute Gasteiger partial charge is 0.246 e. The zero-order valence-corrected chi connectivity index (χ0v) is 8.28. The van der Waals surface area contributed by atoms with Gasteiger partial charge in [-0.1, -0.05) is 0 Å². The number of hydrogen-bond donors (Lipinski definition) is 2. The lowest BCUT2D eigenvalue weighted by Crippen LogP contribution is -2.54. The Morgan fingerprint density at radius 3 is 2.33 bits per heavy atom. The largest absolute Gasteiger partial charge is 0.324 e. The van der Waals surface area contributed by atoms with Gasteiger partial charge in [-0.15, -0.1) is 0 Å². The van der Waals surface area contributed by atoms with Gasteiger partial charge in [-0.2, -0.15) is 0 Å². The molecule has 0 aromatic carbocycles. The zero-order chi connectivity index (χ0) is 10.8. The van der Waals surface area contributed by atoms with Gasteiger partial charge in [-0.05, 0) is 19.0 Å². The van der Waals surface area contributed by atoms with Gasteiger partial charge in [0.15, 0.2) is 0 Å². The number of piperazine rings is 1. The maximum absolute atomic E-state index is 11.7. The van der Waals surface area contributed by atoms with Crippen molar-refractivity contribution in [1.82, 2.24) is 15.5 Å². The van der Waals surface area contributed by atoms with Gasteiger partial charge in [0.1, 0.15) is 13.1 Å². The lowest BCUT2D eigenvalue weighted by molar-refractivity contribution is -0.146. The maximum Gasteiger partial charge on any atom is 0.246 e. The Kier molecular flexibility index (Phi) is 2.68. The van der Waals surface area contributed by atoms with Crippen molar-refractivity contribution in [2.75, 3.05) is 26.2 Å².